The molecule has 1 fully saturated rings. The molecule has 0 radical (unpaired) electrons. The molecular weight excluding hydrogens is 326 g/mol. The largest absolute Gasteiger partial charge is 0.347 e. The van der Waals surface area contributed by atoms with Crippen LogP contribution in [0.1, 0.15) is 44.0 Å². The number of carbonyl (C=O) groups is 1. The minimum Gasteiger partial charge on any atom is -0.347 e. The van der Waals surface area contributed by atoms with Crippen molar-refractivity contribution in [1.29, 1.82) is 0 Å². The number of carbonyl (C=O) groups excluding carboxylic acids is 1. The Kier molecular flexibility index (Phi) is 5.67. The summed E-state index contributed by atoms with van der Waals surface area (Å²) in [5, 5.41) is 3.07. The standard InChI is InChI=1S/C17H27N3O3S/c1-13(2)19-24(22,23)15-7-5-6-14(12-15)16(21)18-17(3)8-10-20(4)11-9-17/h5-7,12-13,19H,8-11H2,1-4H3,(H,18,21). The van der Waals surface area contributed by atoms with Crippen LogP contribution >= 0.6 is 0 Å². The topological polar surface area (TPSA) is 78.5 Å². The van der Waals surface area contributed by atoms with Crippen molar-refractivity contribution in [2.75, 3.05) is 20.1 Å². The van der Waals surface area contributed by atoms with Gasteiger partial charge in [0.05, 0.1) is 4.90 Å². The van der Waals surface area contributed by atoms with Gasteiger partial charge < -0.3 is 10.2 Å². The van der Waals surface area contributed by atoms with Gasteiger partial charge in [0.25, 0.3) is 5.91 Å². The molecule has 0 aromatic heterocycles. The third-order valence-corrected chi connectivity index (χ3v) is 5.96. The molecule has 1 aromatic carbocycles. The first-order valence-corrected chi connectivity index (χ1v) is 9.73. The predicted molar refractivity (Wildman–Crippen MR) is 94.5 cm³/mol. The van der Waals surface area contributed by atoms with Crippen LogP contribution in [-0.2, 0) is 10.0 Å². The van der Waals surface area contributed by atoms with Crippen LogP contribution in [0.3, 0.4) is 0 Å². The highest BCUT2D eigenvalue weighted by molar-refractivity contribution is 7.89. The Balaban J connectivity index is 2.15. The average molecular weight is 353 g/mol. The van der Waals surface area contributed by atoms with Gasteiger partial charge in [-0.2, -0.15) is 0 Å². The number of rotatable bonds is 5. The van der Waals surface area contributed by atoms with E-state index in [1.165, 1.54) is 12.1 Å². The fraction of sp³-hybridized carbons (Fsp3) is 0.588. The Morgan fingerprint density at radius 1 is 1.25 bits per heavy atom. The lowest BCUT2D eigenvalue weighted by Gasteiger charge is -2.38. The summed E-state index contributed by atoms with van der Waals surface area (Å²) in [7, 11) is -1.54. The van der Waals surface area contributed by atoms with Gasteiger partial charge in [0.2, 0.25) is 10.0 Å². The van der Waals surface area contributed by atoms with E-state index in [4.69, 9.17) is 0 Å². The van der Waals surface area contributed by atoms with E-state index in [2.05, 4.69) is 22.0 Å². The second-order valence-corrected chi connectivity index (χ2v) is 8.84. The zero-order chi connectivity index (χ0) is 18.0. The molecule has 1 aromatic rings. The van der Waals surface area contributed by atoms with Crippen LogP contribution in [0.15, 0.2) is 29.2 Å². The molecule has 0 aliphatic carbocycles. The summed E-state index contributed by atoms with van der Waals surface area (Å²) >= 11 is 0. The van der Waals surface area contributed by atoms with E-state index in [0.717, 1.165) is 25.9 Å². The minimum atomic E-state index is -3.61. The van der Waals surface area contributed by atoms with Crippen LogP contribution in [-0.4, -0.2) is 50.9 Å². The molecule has 1 saturated heterocycles. The SMILES string of the molecule is CC(C)NS(=O)(=O)c1cccc(C(=O)NC2(C)CCN(C)CC2)c1. The quantitative estimate of drug-likeness (QED) is 0.843. The summed E-state index contributed by atoms with van der Waals surface area (Å²) < 4.78 is 27.0. The molecule has 1 aliphatic heterocycles. The maximum atomic E-state index is 12.6. The van der Waals surface area contributed by atoms with E-state index in [0.29, 0.717) is 5.56 Å². The number of nitrogens with zero attached hydrogens (tertiary/aromatic N) is 1. The first-order valence-electron chi connectivity index (χ1n) is 8.25. The third kappa shape index (κ3) is 4.78. The molecule has 1 heterocycles. The summed E-state index contributed by atoms with van der Waals surface area (Å²) in [6, 6.07) is 5.96. The Bertz CT molecular complexity index is 693. The van der Waals surface area contributed by atoms with E-state index in [-0.39, 0.29) is 22.4 Å². The normalized spacial score (nSPS) is 18.5. The van der Waals surface area contributed by atoms with E-state index >= 15 is 0 Å². The van der Waals surface area contributed by atoms with Crippen LogP contribution in [0.2, 0.25) is 0 Å². The van der Waals surface area contributed by atoms with Crippen LogP contribution in [0, 0.1) is 0 Å². The highest BCUT2D eigenvalue weighted by Gasteiger charge is 2.30. The predicted octanol–water partition coefficient (Wildman–Crippen LogP) is 1.59. The van der Waals surface area contributed by atoms with Crippen molar-refractivity contribution in [2.45, 2.75) is 50.1 Å². The Hall–Kier alpha value is -1.44. The summed E-state index contributed by atoms with van der Waals surface area (Å²) in [6.45, 7) is 7.43. The molecule has 2 N–H and O–H groups in total. The number of hydrogen-bond acceptors (Lipinski definition) is 4. The van der Waals surface area contributed by atoms with Gasteiger partial charge in [-0.05, 0) is 58.9 Å². The smallest absolute Gasteiger partial charge is 0.251 e. The number of sulfonamides is 1. The molecule has 0 saturated carbocycles. The fourth-order valence-corrected chi connectivity index (χ4v) is 4.06. The summed E-state index contributed by atoms with van der Waals surface area (Å²) in [5.74, 6) is -0.233. The van der Waals surface area contributed by atoms with Gasteiger partial charge in [-0.1, -0.05) is 6.07 Å². The monoisotopic (exact) mass is 353 g/mol. The number of nitrogens with one attached hydrogen (secondary N) is 2. The summed E-state index contributed by atoms with van der Waals surface area (Å²) in [4.78, 5) is 14.9. The zero-order valence-electron chi connectivity index (χ0n) is 14.8. The van der Waals surface area contributed by atoms with Crippen molar-refractivity contribution < 1.29 is 13.2 Å². The van der Waals surface area contributed by atoms with Gasteiger partial charge in [0.15, 0.2) is 0 Å². The number of piperidine rings is 1. The number of hydrogen-bond donors (Lipinski definition) is 2. The molecule has 6 nitrogen and oxygen atoms in total. The third-order valence-electron chi connectivity index (χ3n) is 4.30. The van der Waals surface area contributed by atoms with Crippen molar-refractivity contribution >= 4 is 15.9 Å². The molecular formula is C17H27N3O3S. The van der Waals surface area contributed by atoms with Gasteiger partial charge in [0.1, 0.15) is 0 Å². The first-order chi connectivity index (χ1) is 11.1. The lowest BCUT2D eigenvalue weighted by atomic mass is 9.89. The Morgan fingerprint density at radius 3 is 2.46 bits per heavy atom. The highest BCUT2D eigenvalue weighted by Crippen LogP contribution is 2.22. The summed E-state index contributed by atoms with van der Waals surface area (Å²) in [5.41, 5.74) is 0.107. The molecule has 0 unspecified atom stereocenters. The maximum Gasteiger partial charge on any atom is 0.251 e. The van der Waals surface area contributed by atoms with E-state index < -0.39 is 10.0 Å². The van der Waals surface area contributed by atoms with Gasteiger partial charge >= 0.3 is 0 Å². The van der Waals surface area contributed by atoms with Crippen LogP contribution < -0.4 is 10.0 Å². The average Bonchev–Trinajstić information content (AvgIpc) is 2.49. The van der Waals surface area contributed by atoms with Crippen molar-refractivity contribution in [3.8, 4) is 0 Å². The Labute approximate surface area is 144 Å². The van der Waals surface area contributed by atoms with Crippen molar-refractivity contribution in [3.63, 3.8) is 0 Å². The lowest BCUT2D eigenvalue weighted by Crippen LogP contribution is -2.52. The number of amides is 1. The van der Waals surface area contributed by atoms with Crippen molar-refractivity contribution in [1.82, 2.24) is 14.9 Å². The lowest BCUT2D eigenvalue weighted by molar-refractivity contribution is 0.0851. The second-order valence-electron chi connectivity index (χ2n) is 7.12. The van der Waals surface area contributed by atoms with Crippen LogP contribution in [0.25, 0.3) is 0 Å². The fourth-order valence-electron chi connectivity index (χ4n) is 2.77. The molecule has 0 spiro atoms. The molecule has 1 amide bonds. The summed E-state index contributed by atoms with van der Waals surface area (Å²) in [6.07, 6.45) is 1.75. The second kappa shape index (κ2) is 7.21. The zero-order valence-corrected chi connectivity index (χ0v) is 15.6. The van der Waals surface area contributed by atoms with E-state index in [1.54, 1.807) is 26.0 Å². The van der Waals surface area contributed by atoms with Crippen molar-refractivity contribution in [3.05, 3.63) is 29.8 Å². The Morgan fingerprint density at radius 2 is 1.88 bits per heavy atom. The highest BCUT2D eigenvalue weighted by atomic mass is 32.2. The molecule has 134 valence electrons. The van der Waals surface area contributed by atoms with Crippen LogP contribution in [0.5, 0.6) is 0 Å². The molecule has 0 bridgehead atoms. The molecule has 2 rings (SSSR count). The van der Waals surface area contributed by atoms with Gasteiger partial charge in [-0.15, -0.1) is 0 Å². The molecule has 1 aliphatic rings. The molecule has 7 heteroatoms. The number of likely N-dealkylation sites (tertiary alicyclic amines) is 1. The van der Waals surface area contributed by atoms with Crippen molar-refractivity contribution in [2.24, 2.45) is 0 Å². The van der Waals surface area contributed by atoms with E-state index in [1.807, 2.05) is 6.92 Å². The molecule has 0 atom stereocenters. The van der Waals surface area contributed by atoms with E-state index in [9.17, 15) is 13.2 Å². The van der Waals surface area contributed by atoms with Gasteiger partial charge in [-0.3, -0.25) is 4.79 Å². The molecule has 24 heavy (non-hydrogen) atoms. The minimum absolute atomic E-state index is 0.109. The van der Waals surface area contributed by atoms with Crippen LogP contribution in [0.4, 0.5) is 0 Å². The number of benzene rings is 1. The first kappa shape index (κ1) is 18.9. The van der Waals surface area contributed by atoms with Gasteiger partial charge in [-0.25, -0.2) is 13.1 Å². The van der Waals surface area contributed by atoms with Gasteiger partial charge in [0, 0.05) is 30.2 Å². The maximum absolute atomic E-state index is 12.6.